The van der Waals surface area contributed by atoms with Gasteiger partial charge >= 0.3 is 0 Å². The van der Waals surface area contributed by atoms with Crippen molar-refractivity contribution in [2.75, 3.05) is 4.90 Å². The molecule has 0 bridgehead atoms. The van der Waals surface area contributed by atoms with Crippen LogP contribution in [0.1, 0.15) is 41.2 Å². The van der Waals surface area contributed by atoms with Crippen LogP contribution in [0.4, 0.5) is 10.3 Å². The number of amides is 1. The molecule has 0 aliphatic carbocycles. The third kappa shape index (κ3) is 5.60. The van der Waals surface area contributed by atoms with Gasteiger partial charge in [-0.25, -0.2) is 14.4 Å². The first-order valence-electron chi connectivity index (χ1n) is 9.61. The van der Waals surface area contributed by atoms with E-state index in [-0.39, 0.29) is 17.8 Å². The van der Waals surface area contributed by atoms with Crippen LogP contribution in [-0.4, -0.2) is 21.9 Å². The Bertz CT molecular complexity index is 958. The highest BCUT2D eigenvalue weighted by molar-refractivity contribution is 5.92. The van der Waals surface area contributed by atoms with Crippen molar-refractivity contribution in [2.45, 2.75) is 39.9 Å². The van der Waals surface area contributed by atoms with Gasteiger partial charge in [0.15, 0.2) is 0 Å². The molecule has 3 aromatic rings. The molecular weight excluding hydrogens is 367 g/mol. The van der Waals surface area contributed by atoms with Gasteiger partial charge in [0.05, 0.1) is 0 Å². The third-order valence-electron chi connectivity index (χ3n) is 4.52. The number of nitrogens with zero attached hydrogens (tertiary/aromatic N) is 3. The van der Waals surface area contributed by atoms with Crippen LogP contribution < -0.4 is 10.2 Å². The van der Waals surface area contributed by atoms with Gasteiger partial charge in [0, 0.05) is 24.8 Å². The van der Waals surface area contributed by atoms with Crippen LogP contribution in [0.15, 0.2) is 60.7 Å². The van der Waals surface area contributed by atoms with E-state index in [1.165, 1.54) is 12.1 Å². The molecule has 1 aromatic heterocycles. The van der Waals surface area contributed by atoms with Gasteiger partial charge in [-0.05, 0) is 50.1 Å². The Morgan fingerprint density at radius 1 is 1.03 bits per heavy atom. The number of anilines is 1. The van der Waals surface area contributed by atoms with Gasteiger partial charge in [0.25, 0.3) is 5.91 Å². The second kappa shape index (κ2) is 9.28. The molecule has 0 atom stereocenters. The minimum atomic E-state index is -0.302. The van der Waals surface area contributed by atoms with Gasteiger partial charge in [-0.3, -0.25) is 4.79 Å². The molecule has 0 aliphatic rings. The van der Waals surface area contributed by atoms with E-state index in [4.69, 9.17) is 0 Å². The maximum absolute atomic E-state index is 13.0. The predicted molar refractivity (Wildman–Crippen MR) is 112 cm³/mol. The van der Waals surface area contributed by atoms with Gasteiger partial charge in [0.1, 0.15) is 11.5 Å². The van der Waals surface area contributed by atoms with Crippen LogP contribution in [0, 0.1) is 12.7 Å². The lowest BCUT2D eigenvalue weighted by Crippen LogP contribution is -2.33. The van der Waals surface area contributed by atoms with Crippen molar-refractivity contribution in [1.82, 2.24) is 15.3 Å². The highest BCUT2D eigenvalue weighted by atomic mass is 19.1. The molecule has 0 radical (unpaired) electrons. The summed E-state index contributed by atoms with van der Waals surface area (Å²) < 4.78 is 13.0. The fourth-order valence-electron chi connectivity index (χ4n) is 2.94. The van der Waals surface area contributed by atoms with Crippen molar-refractivity contribution in [3.05, 3.63) is 89.0 Å². The molecule has 29 heavy (non-hydrogen) atoms. The molecule has 0 aliphatic heterocycles. The van der Waals surface area contributed by atoms with E-state index in [1.54, 1.807) is 18.2 Å². The summed E-state index contributed by atoms with van der Waals surface area (Å²) >= 11 is 0. The van der Waals surface area contributed by atoms with Crippen LogP contribution in [0.25, 0.3) is 0 Å². The first kappa shape index (κ1) is 20.5. The molecule has 3 rings (SSSR count). The second-order valence-corrected chi connectivity index (χ2v) is 7.21. The number of benzene rings is 2. The molecule has 0 spiro atoms. The first-order valence-corrected chi connectivity index (χ1v) is 9.61. The number of aryl methyl sites for hydroxylation is 1. The quantitative estimate of drug-likeness (QED) is 0.652. The SMILES string of the molecule is Cc1cc(C(=O)NCc2ccc(F)cc2)nc(N(Cc2ccccc2)C(C)C)n1. The van der Waals surface area contributed by atoms with E-state index in [0.29, 0.717) is 24.7 Å². The predicted octanol–water partition coefficient (Wildman–Crippen LogP) is 4.27. The lowest BCUT2D eigenvalue weighted by atomic mass is 10.2. The molecule has 6 heteroatoms. The molecular formula is C23H25FN4O. The van der Waals surface area contributed by atoms with Gasteiger partial charge in [-0.2, -0.15) is 0 Å². The fourth-order valence-corrected chi connectivity index (χ4v) is 2.94. The van der Waals surface area contributed by atoms with Crippen LogP contribution in [0.2, 0.25) is 0 Å². The summed E-state index contributed by atoms with van der Waals surface area (Å²) in [6.45, 7) is 6.95. The third-order valence-corrected chi connectivity index (χ3v) is 4.52. The molecule has 0 unspecified atom stereocenters. The number of nitrogens with one attached hydrogen (secondary N) is 1. The summed E-state index contributed by atoms with van der Waals surface area (Å²) in [5.41, 5.74) is 3.00. The van der Waals surface area contributed by atoms with E-state index >= 15 is 0 Å². The first-order chi connectivity index (χ1) is 13.9. The van der Waals surface area contributed by atoms with Gasteiger partial charge in [0.2, 0.25) is 5.95 Å². The summed E-state index contributed by atoms with van der Waals surface area (Å²) in [5, 5.41) is 2.84. The lowest BCUT2D eigenvalue weighted by Gasteiger charge is -2.27. The lowest BCUT2D eigenvalue weighted by molar-refractivity contribution is 0.0945. The maximum atomic E-state index is 13.0. The normalized spacial score (nSPS) is 10.8. The molecule has 150 valence electrons. The summed E-state index contributed by atoms with van der Waals surface area (Å²) in [4.78, 5) is 23.8. The minimum absolute atomic E-state index is 0.159. The van der Waals surface area contributed by atoms with Crippen LogP contribution in [0.5, 0.6) is 0 Å². The standard InChI is InChI=1S/C23H25FN4O/c1-16(2)28(15-19-7-5-4-6-8-19)23-26-17(3)13-21(27-23)22(29)25-14-18-9-11-20(24)12-10-18/h4-13,16H,14-15H2,1-3H3,(H,25,29). The van der Waals surface area contributed by atoms with Gasteiger partial charge in [-0.1, -0.05) is 42.5 Å². The van der Waals surface area contributed by atoms with Crippen molar-refractivity contribution in [2.24, 2.45) is 0 Å². The summed E-state index contributed by atoms with van der Waals surface area (Å²) in [6, 6.07) is 18.0. The van der Waals surface area contributed by atoms with Crippen LogP contribution in [-0.2, 0) is 13.1 Å². The van der Waals surface area contributed by atoms with Crippen molar-refractivity contribution in [1.29, 1.82) is 0 Å². The molecule has 5 nitrogen and oxygen atoms in total. The highest BCUT2D eigenvalue weighted by Gasteiger charge is 2.18. The molecule has 1 heterocycles. The number of halogens is 1. The Hall–Kier alpha value is -3.28. The largest absolute Gasteiger partial charge is 0.347 e. The monoisotopic (exact) mass is 392 g/mol. The van der Waals surface area contributed by atoms with Crippen molar-refractivity contribution < 1.29 is 9.18 Å². The molecule has 0 fully saturated rings. The number of carbonyl (C=O) groups is 1. The Labute approximate surface area is 170 Å². The molecule has 0 saturated carbocycles. The van der Waals surface area contributed by atoms with Crippen LogP contribution in [0.3, 0.4) is 0 Å². The van der Waals surface area contributed by atoms with Gasteiger partial charge < -0.3 is 10.2 Å². The average molecular weight is 392 g/mol. The smallest absolute Gasteiger partial charge is 0.270 e. The van der Waals surface area contributed by atoms with E-state index in [0.717, 1.165) is 16.8 Å². The zero-order valence-electron chi connectivity index (χ0n) is 16.9. The number of carbonyl (C=O) groups excluding carboxylic acids is 1. The van der Waals surface area contributed by atoms with E-state index in [9.17, 15) is 9.18 Å². The van der Waals surface area contributed by atoms with Crippen molar-refractivity contribution in [3.8, 4) is 0 Å². The Morgan fingerprint density at radius 3 is 2.38 bits per heavy atom. The van der Waals surface area contributed by atoms with Gasteiger partial charge in [-0.15, -0.1) is 0 Å². The number of hydrogen-bond acceptors (Lipinski definition) is 4. The van der Waals surface area contributed by atoms with E-state index in [2.05, 4.69) is 46.2 Å². The highest BCUT2D eigenvalue weighted by Crippen LogP contribution is 2.17. The van der Waals surface area contributed by atoms with Crippen molar-refractivity contribution in [3.63, 3.8) is 0 Å². The average Bonchev–Trinajstić information content (AvgIpc) is 2.71. The Balaban J connectivity index is 1.78. The zero-order valence-corrected chi connectivity index (χ0v) is 16.9. The second-order valence-electron chi connectivity index (χ2n) is 7.21. The summed E-state index contributed by atoms with van der Waals surface area (Å²) in [6.07, 6.45) is 0. The maximum Gasteiger partial charge on any atom is 0.270 e. The fraction of sp³-hybridized carbons (Fsp3) is 0.261. The number of rotatable bonds is 7. The zero-order chi connectivity index (χ0) is 20.8. The van der Waals surface area contributed by atoms with E-state index in [1.807, 2.05) is 25.1 Å². The Kier molecular flexibility index (Phi) is 6.54. The molecule has 1 N–H and O–H groups in total. The van der Waals surface area contributed by atoms with E-state index < -0.39 is 0 Å². The topological polar surface area (TPSA) is 58.1 Å². The van der Waals surface area contributed by atoms with Crippen LogP contribution >= 0.6 is 0 Å². The molecule has 1 amide bonds. The molecule has 0 saturated heterocycles. The Morgan fingerprint density at radius 2 is 1.72 bits per heavy atom. The summed E-state index contributed by atoms with van der Waals surface area (Å²) in [5.74, 6) is -0.0661. The molecule has 2 aromatic carbocycles. The number of hydrogen-bond donors (Lipinski definition) is 1. The minimum Gasteiger partial charge on any atom is -0.347 e. The summed E-state index contributed by atoms with van der Waals surface area (Å²) in [7, 11) is 0. The number of aromatic nitrogens is 2. The van der Waals surface area contributed by atoms with Crippen molar-refractivity contribution >= 4 is 11.9 Å².